The molecule has 0 saturated carbocycles. The lowest BCUT2D eigenvalue weighted by Crippen LogP contribution is -2.32. The van der Waals surface area contributed by atoms with Gasteiger partial charge in [-0.15, -0.1) is 0 Å². The van der Waals surface area contributed by atoms with Crippen molar-refractivity contribution >= 4 is 34.6 Å². The number of nitrogens with zero attached hydrogens (tertiary/aromatic N) is 3. The molecule has 0 aliphatic rings. The number of ether oxygens (including phenoxy) is 1. The van der Waals surface area contributed by atoms with E-state index in [9.17, 15) is 14.7 Å². The number of carboxylic acids is 1. The van der Waals surface area contributed by atoms with Crippen LogP contribution in [0.5, 0.6) is 5.75 Å². The van der Waals surface area contributed by atoms with E-state index in [0.29, 0.717) is 33.5 Å². The van der Waals surface area contributed by atoms with Crippen molar-refractivity contribution in [3.63, 3.8) is 0 Å². The predicted molar refractivity (Wildman–Crippen MR) is 149 cm³/mol. The third kappa shape index (κ3) is 5.91. The number of hydrogen-bond acceptors (Lipinski definition) is 6. The van der Waals surface area contributed by atoms with E-state index in [1.165, 1.54) is 0 Å². The molecule has 0 saturated heterocycles. The van der Waals surface area contributed by atoms with Crippen molar-refractivity contribution in [2.45, 2.75) is 26.0 Å². The van der Waals surface area contributed by atoms with Crippen LogP contribution in [0, 0.1) is 6.92 Å². The van der Waals surface area contributed by atoms with Crippen LogP contribution in [0.25, 0.3) is 5.52 Å². The summed E-state index contributed by atoms with van der Waals surface area (Å²) in [5.41, 5.74) is 3.89. The van der Waals surface area contributed by atoms with Crippen LogP contribution >= 0.6 is 11.6 Å². The van der Waals surface area contributed by atoms with Gasteiger partial charge >= 0.3 is 5.97 Å². The van der Waals surface area contributed by atoms with Gasteiger partial charge < -0.3 is 15.2 Å². The topological polar surface area (TPSA) is 106 Å². The molecule has 0 fully saturated rings. The molecule has 9 heteroatoms. The zero-order valence-electron chi connectivity index (χ0n) is 21.0. The van der Waals surface area contributed by atoms with Crippen molar-refractivity contribution in [2.24, 2.45) is 0 Å². The van der Waals surface area contributed by atoms with E-state index in [1.54, 1.807) is 71.2 Å². The van der Waals surface area contributed by atoms with Gasteiger partial charge in [0.15, 0.2) is 11.6 Å². The normalized spacial score (nSPS) is 11.7. The van der Waals surface area contributed by atoms with Gasteiger partial charge in [0.1, 0.15) is 23.6 Å². The number of aryl methyl sites for hydroxylation is 1. The second kappa shape index (κ2) is 11.4. The number of para-hydroxylation sites is 1. The molecule has 3 aromatic carbocycles. The van der Waals surface area contributed by atoms with Gasteiger partial charge in [-0.2, -0.15) is 5.10 Å². The highest BCUT2D eigenvalue weighted by molar-refractivity contribution is 6.29. The SMILES string of the molecule is Cc1nc(COc2ccc(C[C@H](Nc3ccccc3C(=O)c3ccccc3)C(=O)O)cc2)n2nc(Cl)ccc12. The van der Waals surface area contributed by atoms with Gasteiger partial charge in [-0.25, -0.2) is 14.3 Å². The number of fused-ring (bicyclic) bond motifs is 1. The maximum absolute atomic E-state index is 13.1. The Hall–Kier alpha value is -4.69. The van der Waals surface area contributed by atoms with Crippen LogP contribution in [-0.4, -0.2) is 37.5 Å². The molecule has 0 radical (unpaired) electrons. The van der Waals surface area contributed by atoms with E-state index >= 15 is 0 Å². The minimum Gasteiger partial charge on any atom is -0.486 e. The highest BCUT2D eigenvalue weighted by Gasteiger charge is 2.21. The molecule has 0 spiro atoms. The predicted octanol–water partition coefficient (Wildman–Crippen LogP) is 5.61. The molecule has 39 heavy (non-hydrogen) atoms. The number of halogens is 1. The lowest BCUT2D eigenvalue weighted by atomic mass is 10.00. The Morgan fingerprint density at radius 2 is 1.69 bits per heavy atom. The largest absolute Gasteiger partial charge is 0.486 e. The molecule has 8 nitrogen and oxygen atoms in total. The quantitative estimate of drug-likeness (QED) is 0.222. The first kappa shape index (κ1) is 25.9. The van der Waals surface area contributed by atoms with Crippen LogP contribution in [0.2, 0.25) is 5.15 Å². The van der Waals surface area contributed by atoms with Gasteiger partial charge in [0.2, 0.25) is 0 Å². The van der Waals surface area contributed by atoms with E-state index in [-0.39, 0.29) is 18.8 Å². The lowest BCUT2D eigenvalue weighted by Gasteiger charge is -2.18. The van der Waals surface area contributed by atoms with Gasteiger partial charge in [-0.3, -0.25) is 4.79 Å². The molecule has 2 N–H and O–H groups in total. The maximum atomic E-state index is 13.1. The minimum atomic E-state index is -1.02. The van der Waals surface area contributed by atoms with E-state index in [2.05, 4.69) is 15.4 Å². The number of aliphatic carboxylic acids is 1. The molecule has 5 aromatic rings. The second-order valence-electron chi connectivity index (χ2n) is 8.98. The second-order valence-corrected chi connectivity index (χ2v) is 9.37. The summed E-state index contributed by atoms with van der Waals surface area (Å²) in [5, 5.41) is 17.6. The smallest absolute Gasteiger partial charge is 0.326 e. The summed E-state index contributed by atoms with van der Waals surface area (Å²) in [4.78, 5) is 29.7. The summed E-state index contributed by atoms with van der Waals surface area (Å²) in [6, 6.07) is 25.7. The summed E-state index contributed by atoms with van der Waals surface area (Å²) in [5.74, 6) is 0.0222. The lowest BCUT2D eigenvalue weighted by molar-refractivity contribution is -0.137. The first-order valence-electron chi connectivity index (χ1n) is 12.3. The molecule has 0 aliphatic heterocycles. The van der Waals surface area contributed by atoms with Gasteiger partial charge in [-0.1, -0.05) is 66.2 Å². The summed E-state index contributed by atoms with van der Waals surface area (Å²) in [6.07, 6.45) is 0.204. The average molecular weight is 541 g/mol. The summed E-state index contributed by atoms with van der Waals surface area (Å²) in [6.45, 7) is 2.08. The molecular formula is C30H25ClN4O4. The molecule has 2 aromatic heterocycles. The first-order chi connectivity index (χ1) is 18.9. The highest BCUT2D eigenvalue weighted by Crippen LogP contribution is 2.22. The molecule has 5 rings (SSSR count). The number of anilines is 1. The van der Waals surface area contributed by atoms with E-state index in [0.717, 1.165) is 16.8 Å². The Morgan fingerprint density at radius 1 is 0.974 bits per heavy atom. The zero-order valence-corrected chi connectivity index (χ0v) is 21.8. The van der Waals surface area contributed by atoms with Gasteiger partial charge in [0.25, 0.3) is 0 Å². The van der Waals surface area contributed by atoms with Gasteiger partial charge in [-0.05, 0) is 48.9 Å². The van der Waals surface area contributed by atoms with E-state index in [4.69, 9.17) is 16.3 Å². The first-order valence-corrected chi connectivity index (χ1v) is 12.7. The number of hydrogen-bond donors (Lipinski definition) is 2. The Balaban J connectivity index is 1.27. The molecule has 0 bridgehead atoms. The number of carbonyl (C=O) groups is 2. The number of ketones is 1. The number of benzene rings is 3. The van der Waals surface area contributed by atoms with E-state index in [1.807, 2.05) is 31.2 Å². The van der Waals surface area contributed by atoms with Crippen molar-refractivity contribution in [3.05, 3.63) is 124 Å². The van der Waals surface area contributed by atoms with Crippen LogP contribution in [-0.2, 0) is 17.8 Å². The number of rotatable bonds is 10. The van der Waals surface area contributed by atoms with Crippen LogP contribution in [0.15, 0.2) is 91.0 Å². The molecule has 0 amide bonds. The molecule has 2 heterocycles. The molecule has 0 unspecified atom stereocenters. The monoisotopic (exact) mass is 540 g/mol. The zero-order chi connectivity index (χ0) is 27.4. The Morgan fingerprint density at radius 3 is 2.44 bits per heavy atom. The maximum Gasteiger partial charge on any atom is 0.326 e. The van der Waals surface area contributed by atoms with Crippen LogP contribution < -0.4 is 10.1 Å². The van der Waals surface area contributed by atoms with Crippen molar-refractivity contribution in [1.29, 1.82) is 0 Å². The number of carboxylic acid groups (broad SMARTS) is 1. The van der Waals surface area contributed by atoms with Crippen molar-refractivity contribution < 1.29 is 19.4 Å². The minimum absolute atomic E-state index is 0.178. The molecule has 196 valence electrons. The number of carbonyl (C=O) groups excluding carboxylic acids is 1. The molecule has 1 atom stereocenters. The van der Waals surface area contributed by atoms with Gasteiger partial charge in [0, 0.05) is 23.2 Å². The molecule has 0 aliphatic carbocycles. The Kier molecular flexibility index (Phi) is 7.56. The third-order valence-corrected chi connectivity index (χ3v) is 6.48. The highest BCUT2D eigenvalue weighted by atomic mass is 35.5. The fourth-order valence-electron chi connectivity index (χ4n) is 4.31. The van der Waals surface area contributed by atoms with Crippen LogP contribution in [0.4, 0.5) is 5.69 Å². The summed E-state index contributed by atoms with van der Waals surface area (Å²) < 4.78 is 7.57. The average Bonchev–Trinajstić information content (AvgIpc) is 3.26. The van der Waals surface area contributed by atoms with Crippen LogP contribution in [0.3, 0.4) is 0 Å². The number of nitrogens with one attached hydrogen (secondary N) is 1. The van der Waals surface area contributed by atoms with Crippen LogP contribution in [0.1, 0.15) is 33.0 Å². The Labute approximate surface area is 229 Å². The van der Waals surface area contributed by atoms with Crippen molar-refractivity contribution in [2.75, 3.05) is 5.32 Å². The standard InChI is InChI=1S/C30H25ClN4O4/c1-19-26-15-16-27(31)34-35(26)28(32-19)18-39-22-13-11-20(12-14-22)17-25(30(37)38)33-24-10-6-5-9-23(24)29(36)21-7-3-2-4-8-21/h2-16,25,33H,17-18H2,1H3,(H,37,38)/t25-/m0/s1. The summed E-state index contributed by atoms with van der Waals surface area (Å²) >= 11 is 6.04. The van der Waals surface area contributed by atoms with Crippen molar-refractivity contribution in [3.8, 4) is 5.75 Å². The summed E-state index contributed by atoms with van der Waals surface area (Å²) in [7, 11) is 0. The van der Waals surface area contributed by atoms with E-state index < -0.39 is 12.0 Å². The fourth-order valence-corrected chi connectivity index (χ4v) is 4.45. The molecular weight excluding hydrogens is 516 g/mol. The number of imidazole rings is 1. The van der Waals surface area contributed by atoms with Gasteiger partial charge in [0.05, 0.1) is 11.2 Å². The van der Waals surface area contributed by atoms with Crippen molar-refractivity contribution in [1.82, 2.24) is 14.6 Å². The Bertz CT molecular complexity index is 1630. The third-order valence-electron chi connectivity index (χ3n) is 6.28. The fraction of sp³-hybridized carbons (Fsp3) is 0.133. The number of aromatic nitrogens is 3.